The van der Waals surface area contributed by atoms with E-state index in [4.69, 9.17) is 5.84 Å². The molecule has 0 amide bonds. The van der Waals surface area contributed by atoms with Crippen LogP contribution >= 0.6 is 15.9 Å². The van der Waals surface area contributed by atoms with Crippen LogP contribution in [0.15, 0.2) is 34.9 Å². The van der Waals surface area contributed by atoms with Gasteiger partial charge in [-0.05, 0) is 29.8 Å². The molecule has 0 saturated carbocycles. The second-order valence-electron chi connectivity index (χ2n) is 3.68. The van der Waals surface area contributed by atoms with Gasteiger partial charge < -0.3 is 0 Å². The third-order valence-electron chi connectivity index (χ3n) is 2.47. The van der Waals surface area contributed by atoms with Crippen LogP contribution in [0.1, 0.15) is 17.3 Å². The molecule has 0 spiro atoms. The van der Waals surface area contributed by atoms with Gasteiger partial charge in [0.05, 0.1) is 11.7 Å². The third-order valence-corrected chi connectivity index (χ3v) is 3.19. The summed E-state index contributed by atoms with van der Waals surface area (Å²) < 4.78 is 15.7. The minimum absolute atomic E-state index is 0.306. The molecule has 6 heteroatoms. The fraction of sp³-hybridized carbons (Fsp3) is 0.182. The van der Waals surface area contributed by atoms with Crippen molar-refractivity contribution in [2.24, 2.45) is 12.9 Å². The maximum absolute atomic E-state index is 13.2. The zero-order valence-corrected chi connectivity index (χ0v) is 10.8. The van der Waals surface area contributed by atoms with Crippen LogP contribution in [-0.2, 0) is 7.05 Å². The standard InChI is InChI=1S/C11H12BrFN4/c1-17-5-4-10(16-17)11(15-14)8-6-7(13)2-3-9(8)12/h2-6,11,15H,14H2,1H3. The van der Waals surface area contributed by atoms with Crippen molar-refractivity contribution in [3.8, 4) is 0 Å². The van der Waals surface area contributed by atoms with Crippen molar-refractivity contribution in [1.29, 1.82) is 0 Å². The van der Waals surface area contributed by atoms with Crippen LogP contribution in [0, 0.1) is 5.82 Å². The molecular weight excluding hydrogens is 287 g/mol. The van der Waals surface area contributed by atoms with Crippen LogP contribution < -0.4 is 11.3 Å². The number of hydrazine groups is 1. The maximum Gasteiger partial charge on any atom is 0.123 e. The Morgan fingerprint density at radius 1 is 1.47 bits per heavy atom. The molecule has 2 rings (SSSR count). The average Bonchev–Trinajstić information content (AvgIpc) is 2.71. The van der Waals surface area contributed by atoms with Gasteiger partial charge in [-0.25, -0.2) is 9.82 Å². The summed E-state index contributed by atoms with van der Waals surface area (Å²) >= 11 is 3.38. The van der Waals surface area contributed by atoms with E-state index in [-0.39, 0.29) is 11.9 Å². The molecule has 0 saturated heterocycles. The quantitative estimate of drug-likeness (QED) is 0.672. The van der Waals surface area contributed by atoms with Gasteiger partial charge in [0.2, 0.25) is 0 Å². The highest BCUT2D eigenvalue weighted by Crippen LogP contribution is 2.27. The van der Waals surface area contributed by atoms with Crippen LogP contribution in [0.3, 0.4) is 0 Å². The number of benzene rings is 1. The van der Waals surface area contributed by atoms with E-state index in [1.807, 2.05) is 19.3 Å². The van der Waals surface area contributed by atoms with Crippen molar-refractivity contribution < 1.29 is 4.39 Å². The van der Waals surface area contributed by atoms with Crippen LogP contribution in [0.4, 0.5) is 4.39 Å². The number of aromatic nitrogens is 2. The fourth-order valence-electron chi connectivity index (χ4n) is 1.66. The summed E-state index contributed by atoms with van der Waals surface area (Å²) in [5, 5.41) is 4.26. The number of halogens is 2. The summed E-state index contributed by atoms with van der Waals surface area (Å²) in [4.78, 5) is 0. The molecule has 1 heterocycles. The van der Waals surface area contributed by atoms with Crippen LogP contribution in [-0.4, -0.2) is 9.78 Å². The first-order valence-corrected chi connectivity index (χ1v) is 5.81. The van der Waals surface area contributed by atoms with Crippen LogP contribution in [0.2, 0.25) is 0 Å². The van der Waals surface area contributed by atoms with E-state index in [0.29, 0.717) is 5.56 Å². The SMILES string of the molecule is Cn1ccc(C(NN)c2cc(F)ccc2Br)n1. The Labute approximate surface area is 107 Å². The summed E-state index contributed by atoms with van der Waals surface area (Å²) in [6.07, 6.45) is 1.81. The average molecular weight is 299 g/mol. The summed E-state index contributed by atoms with van der Waals surface area (Å²) in [7, 11) is 1.82. The van der Waals surface area contributed by atoms with Crippen molar-refractivity contribution in [2.75, 3.05) is 0 Å². The van der Waals surface area contributed by atoms with Crippen molar-refractivity contribution >= 4 is 15.9 Å². The Morgan fingerprint density at radius 3 is 2.82 bits per heavy atom. The Bertz CT molecular complexity index is 526. The molecule has 4 nitrogen and oxygen atoms in total. The molecular formula is C11H12BrFN4. The van der Waals surface area contributed by atoms with Gasteiger partial charge in [0, 0.05) is 17.7 Å². The van der Waals surface area contributed by atoms with Gasteiger partial charge in [0.1, 0.15) is 5.82 Å². The fourth-order valence-corrected chi connectivity index (χ4v) is 2.13. The lowest BCUT2D eigenvalue weighted by Gasteiger charge is -2.15. The highest BCUT2D eigenvalue weighted by molar-refractivity contribution is 9.10. The van der Waals surface area contributed by atoms with Crippen molar-refractivity contribution in [3.05, 3.63) is 52.0 Å². The normalized spacial score (nSPS) is 12.7. The van der Waals surface area contributed by atoms with E-state index in [1.165, 1.54) is 12.1 Å². The van der Waals surface area contributed by atoms with Gasteiger partial charge in [-0.1, -0.05) is 15.9 Å². The number of nitrogens with two attached hydrogens (primary N) is 1. The second kappa shape index (κ2) is 4.95. The largest absolute Gasteiger partial charge is 0.275 e. The Morgan fingerprint density at radius 2 is 2.24 bits per heavy atom. The molecule has 1 unspecified atom stereocenters. The molecule has 90 valence electrons. The molecule has 0 aliphatic rings. The second-order valence-corrected chi connectivity index (χ2v) is 4.53. The van der Waals surface area contributed by atoms with Gasteiger partial charge in [-0.3, -0.25) is 10.5 Å². The van der Waals surface area contributed by atoms with Crippen molar-refractivity contribution in [3.63, 3.8) is 0 Å². The maximum atomic E-state index is 13.2. The van der Waals surface area contributed by atoms with E-state index in [9.17, 15) is 4.39 Å². The van der Waals surface area contributed by atoms with Gasteiger partial charge >= 0.3 is 0 Å². The Balaban J connectivity index is 2.45. The van der Waals surface area contributed by atoms with E-state index in [1.54, 1.807) is 10.7 Å². The van der Waals surface area contributed by atoms with E-state index < -0.39 is 0 Å². The minimum atomic E-state index is -0.346. The van der Waals surface area contributed by atoms with Crippen molar-refractivity contribution in [2.45, 2.75) is 6.04 Å². The van der Waals surface area contributed by atoms with Crippen LogP contribution in [0.25, 0.3) is 0 Å². The molecule has 0 radical (unpaired) electrons. The molecule has 0 aliphatic carbocycles. The number of hydrogen-bond donors (Lipinski definition) is 2. The summed E-state index contributed by atoms with van der Waals surface area (Å²) in [5.74, 6) is 5.22. The van der Waals surface area contributed by atoms with E-state index in [2.05, 4.69) is 26.5 Å². The first-order valence-electron chi connectivity index (χ1n) is 5.02. The molecule has 0 aliphatic heterocycles. The molecule has 1 atom stereocenters. The molecule has 0 fully saturated rings. The highest BCUT2D eigenvalue weighted by atomic mass is 79.9. The van der Waals surface area contributed by atoms with E-state index >= 15 is 0 Å². The molecule has 17 heavy (non-hydrogen) atoms. The number of hydrogen-bond acceptors (Lipinski definition) is 3. The Hall–Kier alpha value is -1.24. The molecule has 0 bridgehead atoms. The van der Waals surface area contributed by atoms with E-state index in [0.717, 1.165) is 10.2 Å². The zero-order valence-electron chi connectivity index (χ0n) is 9.19. The smallest absolute Gasteiger partial charge is 0.123 e. The number of nitrogens with one attached hydrogen (secondary N) is 1. The summed E-state index contributed by atoms with van der Waals surface area (Å²) in [6, 6.07) is 5.96. The summed E-state index contributed by atoms with van der Waals surface area (Å²) in [6.45, 7) is 0. The summed E-state index contributed by atoms with van der Waals surface area (Å²) in [5.41, 5.74) is 4.09. The van der Waals surface area contributed by atoms with Gasteiger partial charge in [-0.15, -0.1) is 0 Å². The Kier molecular flexibility index (Phi) is 3.56. The molecule has 2 aromatic rings. The topological polar surface area (TPSA) is 55.9 Å². The molecule has 1 aromatic carbocycles. The zero-order chi connectivity index (χ0) is 12.4. The number of rotatable bonds is 3. The first kappa shape index (κ1) is 12.2. The van der Waals surface area contributed by atoms with Crippen molar-refractivity contribution in [1.82, 2.24) is 15.2 Å². The predicted octanol–water partition coefficient (Wildman–Crippen LogP) is 1.87. The lowest BCUT2D eigenvalue weighted by atomic mass is 10.0. The molecule has 3 N–H and O–H groups in total. The third kappa shape index (κ3) is 2.54. The van der Waals surface area contributed by atoms with Gasteiger partial charge in [0.25, 0.3) is 0 Å². The number of aryl methyl sites for hydroxylation is 1. The van der Waals surface area contributed by atoms with Crippen LogP contribution in [0.5, 0.6) is 0 Å². The predicted molar refractivity (Wildman–Crippen MR) is 66.5 cm³/mol. The molecule has 1 aromatic heterocycles. The lowest BCUT2D eigenvalue weighted by molar-refractivity contribution is 0.586. The first-order chi connectivity index (χ1) is 8.11. The monoisotopic (exact) mass is 298 g/mol. The number of nitrogens with zero attached hydrogens (tertiary/aromatic N) is 2. The minimum Gasteiger partial charge on any atom is -0.275 e. The lowest BCUT2D eigenvalue weighted by Crippen LogP contribution is -2.29. The highest BCUT2D eigenvalue weighted by Gasteiger charge is 2.18. The van der Waals surface area contributed by atoms with Gasteiger partial charge in [-0.2, -0.15) is 5.10 Å². The van der Waals surface area contributed by atoms with Gasteiger partial charge in [0.15, 0.2) is 0 Å².